The lowest BCUT2D eigenvalue weighted by Gasteiger charge is -2.13. The van der Waals surface area contributed by atoms with Crippen LogP contribution in [0.3, 0.4) is 0 Å². The first-order valence-corrected chi connectivity index (χ1v) is 7.60. The summed E-state index contributed by atoms with van der Waals surface area (Å²) in [4.78, 5) is 16.3. The van der Waals surface area contributed by atoms with Gasteiger partial charge in [0, 0.05) is 5.56 Å². The average Bonchev–Trinajstić information content (AvgIpc) is 3.11. The van der Waals surface area contributed by atoms with Crippen molar-refractivity contribution in [2.75, 3.05) is 11.9 Å². The first-order chi connectivity index (χ1) is 12.8. The first-order valence-electron chi connectivity index (χ1n) is 7.60. The average molecular weight is 380 g/mol. The lowest BCUT2D eigenvalue weighted by Crippen LogP contribution is -2.20. The van der Waals surface area contributed by atoms with Crippen molar-refractivity contribution in [3.8, 4) is 17.1 Å². The number of amides is 1. The van der Waals surface area contributed by atoms with Crippen LogP contribution < -0.4 is 10.1 Å². The highest BCUT2D eigenvalue weighted by atomic mass is 19.4. The molecule has 0 saturated carbocycles. The number of rotatable bonds is 5. The lowest BCUT2D eigenvalue weighted by atomic mass is 10.2. The summed E-state index contributed by atoms with van der Waals surface area (Å²) in [5, 5.41) is 8.71. The zero-order valence-corrected chi connectivity index (χ0v) is 13.5. The van der Waals surface area contributed by atoms with Gasteiger partial charge in [0.2, 0.25) is 5.82 Å². The molecule has 0 atom stereocenters. The Hall–Kier alpha value is -3.43. The monoisotopic (exact) mass is 380 g/mol. The summed E-state index contributed by atoms with van der Waals surface area (Å²) >= 11 is 0. The molecule has 27 heavy (non-hydrogen) atoms. The van der Waals surface area contributed by atoms with E-state index in [0.29, 0.717) is 5.56 Å². The number of alkyl halides is 3. The number of nitrogens with one attached hydrogen (secondary N) is 2. The predicted octanol–water partition coefficient (Wildman–Crippen LogP) is 3.80. The van der Waals surface area contributed by atoms with Crippen LogP contribution in [0.25, 0.3) is 11.4 Å². The van der Waals surface area contributed by atoms with Gasteiger partial charge in [-0.1, -0.05) is 12.1 Å². The minimum absolute atomic E-state index is 0.0477. The SMILES string of the molecule is O=C(Nc1ccccc1OCC(F)(F)F)c1nc(-c2ccc(F)cc2)n[nH]1. The molecular weight excluding hydrogens is 368 g/mol. The Kier molecular flexibility index (Phi) is 5.06. The highest BCUT2D eigenvalue weighted by Crippen LogP contribution is 2.26. The number of aromatic amines is 1. The number of nitrogens with zero attached hydrogens (tertiary/aromatic N) is 2. The fourth-order valence-electron chi connectivity index (χ4n) is 2.13. The molecular formula is C17H12F4N4O2. The van der Waals surface area contributed by atoms with Crippen LogP contribution in [0.2, 0.25) is 0 Å². The molecule has 0 radical (unpaired) electrons. The Morgan fingerprint density at radius 1 is 1.11 bits per heavy atom. The lowest BCUT2D eigenvalue weighted by molar-refractivity contribution is -0.153. The molecule has 6 nitrogen and oxygen atoms in total. The van der Waals surface area contributed by atoms with E-state index in [4.69, 9.17) is 4.74 Å². The smallest absolute Gasteiger partial charge is 0.422 e. The van der Waals surface area contributed by atoms with Crippen LogP contribution in [0.15, 0.2) is 48.5 Å². The number of ether oxygens (including phenoxy) is 1. The standard InChI is InChI=1S/C17H12F4N4O2/c18-11-7-5-10(6-8-11)14-23-15(25-24-14)16(26)22-12-3-1-2-4-13(12)27-9-17(19,20)21/h1-8H,9H2,(H,22,26)(H,23,24,25). The molecule has 0 saturated heterocycles. The zero-order valence-electron chi connectivity index (χ0n) is 13.5. The third-order valence-corrected chi connectivity index (χ3v) is 3.33. The summed E-state index contributed by atoms with van der Waals surface area (Å²) in [5.74, 6) is -1.29. The Bertz CT molecular complexity index is 939. The van der Waals surface area contributed by atoms with E-state index in [2.05, 4.69) is 20.5 Å². The van der Waals surface area contributed by atoms with Gasteiger partial charge in [0.25, 0.3) is 5.91 Å². The first kappa shape index (κ1) is 18.4. The van der Waals surface area contributed by atoms with E-state index in [1.54, 1.807) is 0 Å². The summed E-state index contributed by atoms with van der Waals surface area (Å²) in [5.41, 5.74) is 0.534. The number of hydrogen-bond acceptors (Lipinski definition) is 4. The number of aromatic nitrogens is 3. The van der Waals surface area contributed by atoms with Gasteiger partial charge >= 0.3 is 6.18 Å². The van der Waals surface area contributed by atoms with Crippen molar-refractivity contribution in [2.45, 2.75) is 6.18 Å². The molecule has 2 aromatic carbocycles. The van der Waals surface area contributed by atoms with Gasteiger partial charge in [-0.25, -0.2) is 9.37 Å². The Balaban J connectivity index is 1.74. The van der Waals surface area contributed by atoms with Crippen LogP contribution in [0.4, 0.5) is 23.2 Å². The van der Waals surface area contributed by atoms with Crippen LogP contribution in [0.5, 0.6) is 5.75 Å². The van der Waals surface area contributed by atoms with Crippen molar-refractivity contribution >= 4 is 11.6 Å². The van der Waals surface area contributed by atoms with Gasteiger partial charge < -0.3 is 10.1 Å². The second-order valence-electron chi connectivity index (χ2n) is 5.37. The van der Waals surface area contributed by atoms with E-state index < -0.39 is 24.5 Å². The van der Waals surface area contributed by atoms with Crippen molar-refractivity contribution in [2.24, 2.45) is 0 Å². The Labute approximate surface area is 150 Å². The molecule has 0 unspecified atom stereocenters. The summed E-state index contributed by atoms with van der Waals surface area (Å²) in [6.07, 6.45) is -4.51. The van der Waals surface area contributed by atoms with Gasteiger partial charge in [-0.05, 0) is 36.4 Å². The van der Waals surface area contributed by atoms with Gasteiger partial charge in [0.15, 0.2) is 12.4 Å². The van der Waals surface area contributed by atoms with Crippen LogP contribution in [0, 0.1) is 5.82 Å². The second kappa shape index (κ2) is 7.44. The highest BCUT2D eigenvalue weighted by Gasteiger charge is 2.29. The minimum atomic E-state index is -4.51. The van der Waals surface area contributed by atoms with E-state index in [0.717, 1.165) is 0 Å². The summed E-state index contributed by atoms with van der Waals surface area (Å²) in [7, 11) is 0. The minimum Gasteiger partial charge on any atom is -0.482 e. The number of halogens is 4. The molecule has 2 N–H and O–H groups in total. The van der Waals surface area contributed by atoms with E-state index in [1.807, 2.05) is 0 Å². The van der Waals surface area contributed by atoms with Crippen molar-refractivity contribution < 1.29 is 27.1 Å². The van der Waals surface area contributed by atoms with Crippen molar-refractivity contribution in [3.63, 3.8) is 0 Å². The van der Waals surface area contributed by atoms with Crippen LogP contribution in [-0.2, 0) is 0 Å². The van der Waals surface area contributed by atoms with Gasteiger partial charge in [-0.15, -0.1) is 0 Å². The maximum absolute atomic E-state index is 13.0. The fraction of sp³-hybridized carbons (Fsp3) is 0.118. The van der Waals surface area contributed by atoms with Gasteiger partial charge in [-0.3, -0.25) is 9.89 Å². The maximum Gasteiger partial charge on any atom is 0.422 e. The van der Waals surface area contributed by atoms with Crippen LogP contribution in [0.1, 0.15) is 10.6 Å². The number of carbonyl (C=O) groups is 1. The van der Waals surface area contributed by atoms with Gasteiger partial charge in [0.05, 0.1) is 5.69 Å². The molecule has 3 aromatic rings. The number of H-pyrrole nitrogens is 1. The van der Waals surface area contributed by atoms with Gasteiger partial charge in [-0.2, -0.15) is 18.3 Å². The zero-order chi connectivity index (χ0) is 19.4. The van der Waals surface area contributed by atoms with E-state index in [-0.39, 0.29) is 23.1 Å². The number of carbonyl (C=O) groups excluding carboxylic acids is 1. The molecule has 0 spiro atoms. The van der Waals surface area contributed by atoms with Crippen LogP contribution in [-0.4, -0.2) is 33.9 Å². The quantitative estimate of drug-likeness (QED) is 0.660. The molecule has 0 aliphatic heterocycles. The molecule has 0 fully saturated rings. The predicted molar refractivity (Wildman–Crippen MR) is 87.7 cm³/mol. The molecule has 0 bridgehead atoms. The molecule has 0 aliphatic carbocycles. The molecule has 10 heteroatoms. The van der Waals surface area contributed by atoms with Crippen molar-refractivity contribution in [3.05, 3.63) is 60.2 Å². The fourth-order valence-corrected chi connectivity index (χ4v) is 2.13. The van der Waals surface area contributed by atoms with Crippen LogP contribution >= 0.6 is 0 Å². The molecule has 1 heterocycles. The molecule has 3 rings (SSSR count). The largest absolute Gasteiger partial charge is 0.482 e. The third-order valence-electron chi connectivity index (χ3n) is 3.33. The Morgan fingerprint density at radius 2 is 1.81 bits per heavy atom. The maximum atomic E-state index is 13.0. The van der Waals surface area contributed by atoms with E-state index in [9.17, 15) is 22.4 Å². The van der Waals surface area contributed by atoms with Crippen molar-refractivity contribution in [1.29, 1.82) is 0 Å². The molecule has 1 aromatic heterocycles. The number of para-hydroxylation sites is 2. The summed E-state index contributed by atoms with van der Waals surface area (Å²) in [6, 6.07) is 11.0. The number of hydrogen-bond donors (Lipinski definition) is 2. The molecule has 140 valence electrons. The van der Waals surface area contributed by atoms with Crippen molar-refractivity contribution in [1.82, 2.24) is 15.2 Å². The topological polar surface area (TPSA) is 79.9 Å². The Morgan fingerprint density at radius 3 is 2.52 bits per heavy atom. The van der Waals surface area contributed by atoms with E-state index >= 15 is 0 Å². The van der Waals surface area contributed by atoms with Gasteiger partial charge in [0.1, 0.15) is 11.6 Å². The summed E-state index contributed by atoms with van der Waals surface area (Å²) < 4.78 is 54.7. The summed E-state index contributed by atoms with van der Waals surface area (Å²) in [6.45, 7) is -1.49. The number of benzene rings is 2. The molecule has 0 aliphatic rings. The van der Waals surface area contributed by atoms with E-state index in [1.165, 1.54) is 48.5 Å². The molecule has 1 amide bonds. The second-order valence-corrected chi connectivity index (χ2v) is 5.37. The normalized spacial score (nSPS) is 11.3. The third kappa shape index (κ3) is 4.81. The highest BCUT2D eigenvalue weighted by molar-refractivity contribution is 6.02. The number of anilines is 1.